The van der Waals surface area contributed by atoms with E-state index in [-0.39, 0.29) is 23.8 Å². The Kier molecular flexibility index (Phi) is 6.90. The molecular formula is C20H22FNO5. The van der Waals surface area contributed by atoms with Crippen molar-refractivity contribution in [3.8, 4) is 5.75 Å². The molecule has 0 aromatic heterocycles. The second-order valence-corrected chi connectivity index (χ2v) is 6.13. The van der Waals surface area contributed by atoms with Crippen LogP contribution in [0.1, 0.15) is 46.2 Å². The van der Waals surface area contributed by atoms with Gasteiger partial charge in [0.05, 0.1) is 24.3 Å². The van der Waals surface area contributed by atoms with Crippen molar-refractivity contribution in [3.63, 3.8) is 0 Å². The maximum absolute atomic E-state index is 14.1. The number of hydrogen-bond donors (Lipinski definition) is 2. The summed E-state index contributed by atoms with van der Waals surface area (Å²) in [5.74, 6) is -2.19. The molecule has 1 unspecified atom stereocenters. The highest BCUT2D eigenvalue weighted by Crippen LogP contribution is 2.28. The van der Waals surface area contributed by atoms with E-state index in [1.54, 1.807) is 13.2 Å². The lowest BCUT2D eigenvalue weighted by Crippen LogP contribution is -2.31. The number of carbonyl (C=O) groups is 2. The molecule has 2 aromatic rings. The third kappa shape index (κ3) is 5.27. The fourth-order valence-electron chi connectivity index (χ4n) is 2.61. The lowest BCUT2D eigenvalue weighted by molar-refractivity contribution is 0.00609. The van der Waals surface area contributed by atoms with Crippen LogP contribution in [0.4, 0.5) is 4.39 Å². The van der Waals surface area contributed by atoms with Crippen molar-refractivity contribution in [2.75, 3.05) is 13.7 Å². The molecule has 1 amide bonds. The average Bonchev–Trinajstić information content (AvgIpc) is 2.64. The number of rotatable bonds is 8. The van der Waals surface area contributed by atoms with E-state index >= 15 is 0 Å². The Morgan fingerprint density at radius 1 is 1.19 bits per heavy atom. The van der Waals surface area contributed by atoms with Gasteiger partial charge in [0.1, 0.15) is 17.7 Å². The summed E-state index contributed by atoms with van der Waals surface area (Å²) >= 11 is 0. The van der Waals surface area contributed by atoms with E-state index in [1.165, 1.54) is 6.07 Å². The molecule has 0 fully saturated rings. The Morgan fingerprint density at radius 3 is 2.48 bits per heavy atom. The summed E-state index contributed by atoms with van der Waals surface area (Å²) in [5, 5.41) is 11.5. The highest BCUT2D eigenvalue weighted by Gasteiger charge is 2.21. The van der Waals surface area contributed by atoms with Gasteiger partial charge in [-0.25, -0.2) is 9.18 Å². The number of aromatic carboxylic acids is 1. The van der Waals surface area contributed by atoms with Crippen LogP contribution in [-0.2, 0) is 4.74 Å². The maximum atomic E-state index is 14.1. The Morgan fingerprint density at radius 2 is 1.89 bits per heavy atom. The maximum Gasteiger partial charge on any atom is 0.335 e. The molecule has 0 aliphatic carbocycles. The first kappa shape index (κ1) is 20.4. The number of ether oxygens (including phenoxy) is 2. The van der Waals surface area contributed by atoms with Crippen LogP contribution >= 0.6 is 0 Å². The van der Waals surface area contributed by atoms with Crippen molar-refractivity contribution in [3.05, 3.63) is 65.0 Å². The van der Waals surface area contributed by atoms with Gasteiger partial charge in [-0.2, -0.15) is 0 Å². The van der Waals surface area contributed by atoms with Gasteiger partial charge in [0.2, 0.25) is 0 Å². The smallest absolute Gasteiger partial charge is 0.335 e. The number of carboxylic acids is 1. The number of hydrogen-bond acceptors (Lipinski definition) is 4. The van der Waals surface area contributed by atoms with Gasteiger partial charge < -0.3 is 19.9 Å². The zero-order valence-corrected chi connectivity index (χ0v) is 15.4. The molecule has 0 saturated heterocycles. The quantitative estimate of drug-likeness (QED) is 0.738. The molecule has 2 rings (SSSR count). The van der Waals surface area contributed by atoms with Crippen LogP contribution in [0, 0.1) is 5.82 Å². The van der Waals surface area contributed by atoms with Gasteiger partial charge in [-0.3, -0.25) is 4.79 Å². The molecule has 0 bridgehead atoms. The molecule has 144 valence electrons. The number of amides is 1. The van der Waals surface area contributed by atoms with Crippen LogP contribution in [0.15, 0.2) is 42.5 Å². The molecule has 0 heterocycles. The van der Waals surface area contributed by atoms with Crippen LogP contribution in [0.3, 0.4) is 0 Å². The van der Waals surface area contributed by atoms with Gasteiger partial charge in [0, 0.05) is 12.1 Å². The Bertz CT molecular complexity index is 822. The predicted molar refractivity (Wildman–Crippen MR) is 97.6 cm³/mol. The first-order valence-corrected chi connectivity index (χ1v) is 8.43. The number of benzene rings is 2. The van der Waals surface area contributed by atoms with Crippen LogP contribution in [0.5, 0.6) is 5.75 Å². The molecule has 1 atom stereocenters. The largest absolute Gasteiger partial charge is 0.496 e. The van der Waals surface area contributed by atoms with Crippen LogP contribution in [-0.4, -0.2) is 36.7 Å². The highest BCUT2D eigenvalue weighted by atomic mass is 19.1. The van der Waals surface area contributed by atoms with Gasteiger partial charge >= 0.3 is 5.97 Å². The fraction of sp³-hybridized carbons (Fsp3) is 0.300. The lowest BCUT2D eigenvalue weighted by Gasteiger charge is -2.23. The number of carboxylic acid groups (broad SMARTS) is 1. The van der Waals surface area contributed by atoms with Crippen LogP contribution in [0.2, 0.25) is 0 Å². The summed E-state index contributed by atoms with van der Waals surface area (Å²) < 4.78 is 25.3. The fourth-order valence-corrected chi connectivity index (χ4v) is 2.61. The van der Waals surface area contributed by atoms with Gasteiger partial charge in [0.25, 0.3) is 5.91 Å². The topological polar surface area (TPSA) is 84.9 Å². The van der Waals surface area contributed by atoms with E-state index in [0.29, 0.717) is 5.75 Å². The van der Waals surface area contributed by atoms with E-state index in [9.17, 15) is 14.0 Å². The van der Waals surface area contributed by atoms with Crippen molar-refractivity contribution in [1.29, 1.82) is 0 Å². The molecule has 0 spiro atoms. The van der Waals surface area contributed by atoms with Gasteiger partial charge in [-0.05, 0) is 38.1 Å². The molecule has 2 N–H and O–H groups in total. The molecule has 0 aliphatic rings. The number of carbonyl (C=O) groups excluding carboxylic acids is 1. The van der Waals surface area contributed by atoms with Gasteiger partial charge in [-0.1, -0.05) is 18.2 Å². The number of nitrogens with one attached hydrogen (secondary N) is 1. The molecule has 2 aromatic carbocycles. The van der Waals surface area contributed by atoms with Gasteiger partial charge in [0.15, 0.2) is 0 Å². The highest BCUT2D eigenvalue weighted by molar-refractivity contribution is 5.96. The summed E-state index contributed by atoms with van der Waals surface area (Å²) in [6.07, 6.45) is -0.602. The van der Waals surface area contributed by atoms with Crippen molar-refractivity contribution in [2.24, 2.45) is 0 Å². The third-order valence-electron chi connectivity index (χ3n) is 3.83. The van der Waals surface area contributed by atoms with E-state index < -0.39 is 23.8 Å². The Hall–Kier alpha value is -2.93. The zero-order valence-electron chi connectivity index (χ0n) is 15.4. The standard InChI is InChI=1S/C20H22FNO5/c1-12(2)27-18(15-6-4-5-7-17(15)26-3)11-22-19(23)14-9-8-13(20(24)25)10-16(14)21/h4-10,12,18H,11H2,1-3H3,(H,22,23)(H,24,25). The lowest BCUT2D eigenvalue weighted by atomic mass is 10.1. The first-order chi connectivity index (χ1) is 12.8. The summed E-state index contributed by atoms with van der Waals surface area (Å²) in [6.45, 7) is 3.83. The molecule has 0 aliphatic heterocycles. The summed E-state index contributed by atoms with van der Waals surface area (Å²) in [7, 11) is 1.54. The van der Waals surface area contributed by atoms with Crippen molar-refractivity contribution in [1.82, 2.24) is 5.32 Å². The SMILES string of the molecule is COc1ccccc1C(CNC(=O)c1ccc(C(=O)O)cc1F)OC(C)C. The summed E-state index contributed by atoms with van der Waals surface area (Å²) in [5.41, 5.74) is 0.304. The number of para-hydroxylation sites is 1. The minimum Gasteiger partial charge on any atom is -0.496 e. The zero-order chi connectivity index (χ0) is 20.0. The monoisotopic (exact) mass is 375 g/mol. The number of halogens is 1. The van der Waals surface area contributed by atoms with Crippen LogP contribution in [0.25, 0.3) is 0 Å². The molecule has 27 heavy (non-hydrogen) atoms. The third-order valence-corrected chi connectivity index (χ3v) is 3.83. The van der Waals surface area contributed by atoms with E-state index in [2.05, 4.69) is 5.32 Å². The molecular weight excluding hydrogens is 353 g/mol. The van der Waals surface area contributed by atoms with Gasteiger partial charge in [-0.15, -0.1) is 0 Å². The van der Waals surface area contributed by atoms with E-state index in [4.69, 9.17) is 14.6 Å². The molecule has 0 saturated carbocycles. The summed E-state index contributed by atoms with van der Waals surface area (Å²) in [4.78, 5) is 23.2. The molecule has 6 nitrogen and oxygen atoms in total. The second-order valence-electron chi connectivity index (χ2n) is 6.13. The molecule has 0 radical (unpaired) electrons. The molecule has 7 heteroatoms. The van der Waals surface area contributed by atoms with Crippen molar-refractivity contribution >= 4 is 11.9 Å². The Balaban J connectivity index is 2.17. The van der Waals surface area contributed by atoms with Crippen LogP contribution < -0.4 is 10.1 Å². The number of methoxy groups -OCH3 is 1. The van der Waals surface area contributed by atoms with E-state index in [1.807, 2.05) is 32.0 Å². The minimum absolute atomic E-state index is 0.0948. The first-order valence-electron chi connectivity index (χ1n) is 8.43. The van der Waals surface area contributed by atoms with Crippen molar-refractivity contribution < 1.29 is 28.6 Å². The van der Waals surface area contributed by atoms with Crippen molar-refractivity contribution in [2.45, 2.75) is 26.1 Å². The summed E-state index contributed by atoms with van der Waals surface area (Å²) in [6, 6.07) is 10.4. The minimum atomic E-state index is -1.26. The average molecular weight is 375 g/mol. The Labute approximate surface area is 156 Å². The second kappa shape index (κ2) is 9.14. The van der Waals surface area contributed by atoms with E-state index in [0.717, 1.165) is 17.7 Å². The normalized spacial score (nSPS) is 11.9. The predicted octanol–water partition coefficient (Wildman–Crippen LogP) is 3.43.